The third-order valence-corrected chi connectivity index (χ3v) is 12.4. The molecule has 0 saturated carbocycles. The van der Waals surface area contributed by atoms with E-state index in [0.717, 1.165) is 87.1 Å². The lowest BCUT2D eigenvalue weighted by Gasteiger charge is -2.32. The van der Waals surface area contributed by atoms with Crippen molar-refractivity contribution in [2.75, 3.05) is 7.11 Å². The second-order valence-corrected chi connectivity index (χ2v) is 18.6. The quantitative estimate of drug-likeness (QED) is 0.0961. The lowest BCUT2D eigenvalue weighted by Crippen LogP contribution is -2.52. The number of H-pyrrole nitrogens is 2. The van der Waals surface area contributed by atoms with E-state index in [1.54, 1.807) is 11.1 Å². The van der Waals surface area contributed by atoms with Crippen LogP contribution >= 0.6 is 0 Å². The third-order valence-electron chi connectivity index (χ3n) is 12.4. The zero-order valence-corrected chi connectivity index (χ0v) is 38.0. The molecule has 0 bridgehead atoms. The normalized spacial score (nSPS) is 20.3. The zero-order chi connectivity index (χ0) is 45.4. The molecule has 3 aliphatic rings. The number of rotatable bonds is 9. The zero-order valence-electron chi connectivity index (χ0n) is 38.0. The van der Waals surface area contributed by atoms with Gasteiger partial charge in [0, 0.05) is 23.0 Å². The van der Waals surface area contributed by atoms with E-state index in [2.05, 4.69) is 77.8 Å². The van der Waals surface area contributed by atoms with E-state index in [0.29, 0.717) is 18.3 Å². The smallest absolute Gasteiger partial charge is 0.407 e. The van der Waals surface area contributed by atoms with E-state index in [1.165, 1.54) is 7.11 Å². The molecule has 3 aromatic carbocycles. The molecule has 15 heteroatoms. The summed E-state index contributed by atoms with van der Waals surface area (Å²) in [4.78, 5) is 71.7. The molecule has 2 saturated heterocycles. The van der Waals surface area contributed by atoms with Crippen molar-refractivity contribution in [1.82, 2.24) is 40.4 Å². The van der Waals surface area contributed by atoms with Gasteiger partial charge in [-0.05, 0) is 104 Å². The minimum Gasteiger partial charge on any atom is -0.488 e. The summed E-state index contributed by atoms with van der Waals surface area (Å²) in [6.07, 6.45) is 3.00. The molecule has 5 heterocycles. The summed E-state index contributed by atoms with van der Waals surface area (Å²) in [7, 11) is 1.29. The van der Waals surface area contributed by atoms with Crippen molar-refractivity contribution in [1.29, 1.82) is 0 Å². The first kappa shape index (κ1) is 44.9. The summed E-state index contributed by atoms with van der Waals surface area (Å²) in [6, 6.07) is 12.3. The first-order valence-corrected chi connectivity index (χ1v) is 22.2. The minimum absolute atomic E-state index is 0.0288. The van der Waals surface area contributed by atoms with Crippen LogP contribution in [0.15, 0.2) is 48.7 Å². The number of likely N-dealkylation sites (tertiary alicyclic amines) is 2. The number of hydrogen-bond acceptors (Lipinski definition) is 8. The van der Waals surface area contributed by atoms with Crippen molar-refractivity contribution in [2.45, 2.75) is 131 Å². The Kier molecular flexibility index (Phi) is 13.1. The Balaban J connectivity index is 0.00000143. The molecule has 6 atom stereocenters. The van der Waals surface area contributed by atoms with Crippen LogP contribution in [0.4, 0.5) is 9.59 Å². The van der Waals surface area contributed by atoms with Gasteiger partial charge in [0.2, 0.25) is 11.8 Å². The van der Waals surface area contributed by atoms with Gasteiger partial charge < -0.3 is 45.0 Å². The number of nitrogens with one attached hydrogen (secondary N) is 4. The van der Waals surface area contributed by atoms with Crippen molar-refractivity contribution in [3.63, 3.8) is 0 Å². The molecule has 2 fully saturated rings. The monoisotopic (exact) mass is 862 g/mol. The van der Waals surface area contributed by atoms with E-state index >= 15 is 0 Å². The van der Waals surface area contributed by atoms with E-state index < -0.39 is 24.3 Å². The molecule has 4 amide bonds. The van der Waals surface area contributed by atoms with Gasteiger partial charge >= 0.3 is 12.2 Å². The predicted molar refractivity (Wildman–Crippen MR) is 242 cm³/mol. The number of aromatic amines is 2. The number of carboxylic acid groups (broad SMARTS) is 1. The van der Waals surface area contributed by atoms with E-state index in [-0.39, 0.29) is 47.8 Å². The molecule has 5 aromatic rings. The van der Waals surface area contributed by atoms with Crippen LogP contribution in [-0.4, -0.2) is 90.1 Å². The predicted octanol–water partition coefficient (Wildman–Crippen LogP) is 9.10. The van der Waals surface area contributed by atoms with E-state index in [1.807, 2.05) is 52.5 Å². The largest absolute Gasteiger partial charge is 0.488 e. The van der Waals surface area contributed by atoms with Crippen LogP contribution in [0.3, 0.4) is 0 Å². The second kappa shape index (κ2) is 18.3. The third kappa shape index (κ3) is 9.05. The van der Waals surface area contributed by atoms with Gasteiger partial charge in [-0.3, -0.25) is 9.59 Å². The Morgan fingerprint density at radius 1 is 0.794 bits per heavy atom. The molecular formula is C48H62N8O7. The van der Waals surface area contributed by atoms with Crippen LogP contribution in [0, 0.1) is 17.8 Å². The first-order valence-electron chi connectivity index (χ1n) is 22.2. The van der Waals surface area contributed by atoms with Crippen molar-refractivity contribution in [3.8, 4) is 28.1 Å². The number of carbonyl (C=O) groups is 4. The molecule has 3 aliphatic heterocycles. The number of imidazole rings is 2. The van der Waals surface area contributed by atoms with Crippen LogP contribution in [0.25, 0.3) is 44.2 Å². The number of methoxy groups -OCH3 is 1. The summed E-state index contributed by atoms with van der Waals surface area (Å²) in [6.45, 7) is 18.4. The summed E-state index contributed by atoms with van der Waals surface area (Å²) >= 11 is 0. The fourth-order valence-electron chi connectivity index (χ4n) is 9.20. The molecule has 5 N–H and O–H groups in total. The topological polar surface area (TPSA) is 195 Å². The van der Waals surface area contributed by atoms with Gasteiger partial charge in [0.25, 0.3) is 0 Å². The maximum Gasteiger partial charge on any atom is 0.407 e. The minimum atomic E-state index is -1.22. The van der Waals surface area contributed by atoms with Crippen molar-refractivity contribution in [3.05, 3.63) is 65.9 Å². The molecular weight excluding hydrogens is 801 g/mol. The van der Waals surface area contributed by atoms with Crippen molar-refractivity contribution in [2.24, 2.45) is 17.8 Å². The summed E-state index contributed by atoms with van der Waals surface area (Å²) in [5.41, 5.74) is 6.50. The van der Waals surface area contributed by atoms with Crippen LogP contribution < -0.4 is 15.4 Å². The standard InChI is InChI=1S/C44H52N8O7.C4H10/c1-21(2)36(49-43(55)56)41(53)51-23(5)8-14-33(51)39-45-19-32(47-39)26-10-12-28-27(16-26)20-59-35-18-29-25(17-30(28)35)11-13-31-38(29)48-40(46-31)34-15-9-24(6)52(34)42(54)37(22(3)4)50-44(57)58-7;1-4(2)3/h10-13,16-19,21-24,33-34,36-37,49H,8-9,14-15,20H2,1-7H3,(H,45,47)(H,46,48)(H,50,57)(H,55,56);4H,1-3H3/t23-,24?,33-,34-,36-,37-;/m0./s1. The highest BCUT2D eigenvalue weighted by Gasteiger charge is 2.43. The Labute approximate surface area is 368 Å². The summed E-state index contributed by atoms with van der Waals surface area (Å²) < 4.78 is 11.2. The molecule has 0 aliphatic carbocycles. The summed E-state index contributed by atoms with van der Waals surface area (Å²) in [5, 5.41) is 16.5. The number of carbonyl (C=O) groups excluding carboxylic acids is 3. The lowest BCUT2D eigenvalue weighted by atomic mass is 9.92. The molecule has 2 aromatic heterocycles. The number of aromatic nitrogens is 4. The van der Waals surface area contributed by atoms with Crippen molar-refractivity contribution >= 4 is 45.8 Å². The molecule has 1 unspecified atom stereocenters. The molecule has 15 nitrogen and oxygen atoms in total. The van der Waals surface area contributed by atoms with Crippen molar-refractivity contribution < 1.29 is 33.8 Å². The molecule has 0 radical (unpaired) electrons. The Morgan fingerprint density at radius 2 is 1.41 bits per heavy atom. The maximum atomic E-state index is 14.0. The van der Waals surface area contributed by atoms with Gasteiger partial charge in [0.05, 0.1) is 42.1 Å². The SMILES string of the molecule is CC(C)C.COC(=O)N[C@H](C(=O)N1C(C)CC[C@H]1c1nc2c(ccc3cc4c(cc32)OCc2cc(-c3cnc([C@@H]5CC[C@H](C)N5C(=O)[C@@H](NC(=O)O)C(C)C)[nH]3)ccc2-4)[nH]1)C(C)C. The number of benzene rings is 3. The number of amides is 4. The average molecular weight is 863 g/mol. The fraction of sp³-hybridized carbons (Fsp3) is 0.500. The number of ether oxygens (including phenoxy) is 2. The number of fused-ring (bicyclic) bond motifs is 6. The number of alkyl carbamates (subject to hydrolysis) is 1. The van der Waals surface area contributed by atoms with E-state index in [9.17, 15) is 24.3 Å². The van der Waals surface area contributed by atoms with Crippen LogP contribution in [0.2, 0.25) is 0 Å². The van der Waals surface area contributed by atoms with Crippen LogP contribution in [0.5, 0.6) is 5.75 Å². The lowest BCUT2D eigenvalue weighted by molar-refractivity contribution is -0.138. The van der Waals surface area contributed by atoms with Gasteiger partial charge in [-0.15, -0.1) is 0 Å². The molecule has 0 spiro atoms. The Morgan fingerprint density at radius 3 is 2.02 bits per heavy atom. The number of hydrogen-bond donors (Lipinski definition) is 5. The molecule has 8 rings (SSSR count). The fourth-order valence-corrected chi connectivity index (χ4v) is 9.20. The van der Waals surface area contributed by atoms with E-state index in [4.69, 9.17) is 19.4 Å². The first-order chi connectivity index (χ1) is 30.0. The summed E-state index contributed by atoms with van der Waals surface area (Å²) in [5.74, 6) is 2.23. The number of nitrogens with zero attached hydrogens (tertiary/aromatic N) is 4. The van der Waals surface area contributed by atoms with Gasteiger partial charge in [-0.2, -0.15) is 0 Å². The maximum absolute atomic E-state index is 14.0. The highest BCUT2D eigenvalue weighted by atomic mass is 16.5. The Hall–Kier alpha value is -6.12. The van der Waals surface area contributed by atoms with Gasteiger partial charge in [-0.25, -0.2) is 19.6 Å². The van der Waals surface area contributed by atoms with Crippen LogP contribution in [-0.2, 0) is 20.9 Å². The molecule has 336 valence electrons. The van der Waals surface area contributed by atoms with Gasteiger partial charge in [-0.1, -0.05) is 66.7 Å². The Bertz CT molecular complexity index is 2510. The second-order valence-electron chi connectivity index (χ2n) is 18.6. The highest BCUT2D eigenvalue weighted by Crippen LogP contribution is 2.44. The average Bonchev–Trinajstić information content (AvgIpc) is 4.06. The van der Waals surface area contributed by atoms with Crippen LogP contribution in [0.1, 0.15) is 117 Å². The van der Waals surface area contributed by atoms with Gasteiger partial charge in [0.1, 0.15) is 36.1 Å². The highest BCUT2D eigenvalue weighted by molar-refractivity contribution is 6.07. The molecule has 63 heavy (non-hydrogen) atoms. The van der Waals surface area contributed by atoms with Gasteiger partial charge in [0.15, 0.2) is 0 Å².